The molecule has 3 saturated heterocycles. The molecule has 0 aliphatic carbocycles. The largest absolute Gasteiger partial charge is 0.346 e. The maximum atomic E-state index is 16.3. The van der Waals surface area contributed by atoms with Crippen LogP contribution in [0.4, 0.5) is 18.9 Å². The number of aryl methyl sites for hydroxylation is 2. The Morgan fingerprint density at radius 3 is 2.24 bits per heavy atom. The van der Waals surface area contributed by atoms with Gasteiger partial charge in [0.1, 0.15) is 29.8 Å². The van der Waals surface area contributed by atoms with E-state index in [4.69, 9.17) is 42.7 Å². The number of amides is 1. The third kappa shape index (κ3) is 5.66. The number of fused-ring (bicyclic) bond motifs is 3. The van der Waals surface area contributed by atoms with Gasteiger partial charge in [-0.05, 0) is 6.07 Å². The van der Waals surface area contributed by atoms with Gasteiger partial charge in [0.15, 0.2) is 41.9 Å². The molecule has 4 radical (unpaired) electrons. The molecule has 0 saturated carbocycles. The van der Waals surface area contributed by atoms with Gasteiger partial charge >= 0.3 is 0 Å². The average molecular weight is 735 g/mol. The predicted molar refractivity (Wildman–Crippen MR) is 165 cm³/mol. The van der Waals surface area contributed by atoms with Crippen molar-refractivity contribution in [3.8, 4) is 0 Å². The van der Waals surface area contributed by atoms with Crippen LogP contribution in [0, 0.1) is 5.82 Å². The van der Waals surface area contributed by atoms with Crippen LogP contribution in [0.3, 0.4) is 0 Å². The van der Waals surface area contributed by atoms with E-state index in [1.54, 1.807) is 6.07 Å². The molecule has 3 fully saturated rings. The number of pyridine rings is 1. The maximum Gasteiger partial charge on any atom is 0.265 e. The molecule has 1 N–H and O–H groups in total. The number of hydrogen-bond donors (Lipinski definition) is 1. The Morgan fingerprint density at radius 1 is 0.920 bits per heavy atom. The van der Waals surface area contributed by atoms with Crippen molar-refractivity contribution in [2.24, 2.45) is 7.05 Å². The lowest BCUT2D eigenvalue weighted by Crippen LogP contribution is -2.37. The van der Waals surface area contributed by atoms with Gasteiger partial charge in [-0.15, -0.1) is 0 Å². The summed E-state index contributed by atoms with van der Waals surface area (Å²) in [6.45, 7) is -1.63. The van der Waals surface area contributed by atoms with Crippen LogP contribution >= 0.6 is 14.9 Å². The van der Waals surface area contributed by atoms with E-state index in [0.717, 1.165) is 26.3 Å². The molecule has 0 aromatic carbocycles. The maximum absolute atomic E-state index is 16.3. The van der Waals surface area contributed by atoms with Crippen molar-refractivity contribution in [1.29, 1.82) is 0 Å². The zero-order valence-electron chi connectivity index (χ0n) is 25.7. The topological polar surface area (TPSA) is 189 Å². The number of carbonyl (C=O) groups is 1. The molecule has 8 heterocycles. The van der Waals surface area contributed by atoms with Crippen LogP contribution in [-0.4, -0.2) is 99.9 Å². The van der Waals surface area contributed by atoms with Crippen LogP contribution in [0.25, 0.3) is 22.1 Å². The summed E-state index contributed by atoms with van der Waals surface area (Å²) in [5.41, 5.74) is -0.0121. The normalized spacial score (nSPS) is 36.4. The van der Waals surface area contributed by atoms with Crippen molar-refractivity contribution in [1.82, 2.24) is 28.9 Å². The molecule has 4 aliphatic rings. The number of halogens is 3. The fourth-order valence-electron chi connectivity index (χ4n) is 6.50. The van der Waals surface area contributed by atoms with Crippen LogP contribution in [0.1, 0.15) is 24.6 Å². The first kappa shape index (κ1) is 33.8. The summed E-state index contributed by atoms with van der Waals surface area (Å²) in [4.78, 5) is 33.0. The lowest BCUT2D eigenvalue weighted by Gasteiger charge is -2.29. The smallest absolute Gasteiger partial charge is 0.265 e. The van der Waals surface area contributed by atoms with Gasteiger partial charge in [0.25, 0.3) is 20.5 Å². The van der Waals surface area contributed by atoms with Gasteiger partial charge in [-0.25, -0.2) is 27.8 Å². The van der Waals surface area contributed by atoms with Crippen molar-refractivity contribution >= 4 is 63.7 Å². The van der Waals surface area contributed by atoms with E-state index in [0.29, 0.717) is 16.8 Å². The monoisotopic (exact) mass is 735 g/mol. The zero-order chi connectivity index (χ0) is 35.3. The van der Waals surface area contributed by atoms with Gasteiger partial charge in [-0.2, -0.15) is 5.10 Å². The molecule has 8 rings (SSSR count). The summed E-state index contributed by atoms with van der Waals surface area (Å²) < 4.78 is 110. The number of carbonyl (C=O) groups excluding carboxylic acids is 1. The van der Waals surface area contributed by atoms with Gasteiger partial charge in [0, 0.05) is 32.3 Å². The molecule has 1 amide bonds. The van der Waals surface area contributed by atoms with Gasteiger partial charge < -0.3 is 37.5 Å². The summed E-state index contributed by atoms with van der Waals surface area (Å²) in [7, 11) is 3.62. The fourth-order valence-corrected chi connectivity index (χ4v) is 8.51. The average Bonchev–Trinajstić information content (AvgIpc) is 3.74. The van der Waals surface area contributed by atoms with Crippen molar-refractivity contribution in [3.63, 3.8) is 0 Å². The summed E-state index contributed by atoms with van der Waals surface area (Å²) >= 11 is 0. The van der Waals surface area contributed by atoms with Gasteiger partial charge in [0.2, 0.25) is 21.0 Å². The van der Waals surface area contributed by atoms with Crippen molar-refractivity contribution < 1.29 is 54.7 Å². The molecular formula is C26H24B2F3N7O10P2. The van der Waals surface area contributed by atoms with E-state index in [9.17, 15) is 23.1 Å². The molecule has 0 bridgehead atoms. The number of hydrogen-bond acceptors (Lipinski definition) is 13. The minimum Gasteiger partial charge on any atom is -0.346 e. The first-order valence-corrected chi connectivity index (χ1v) is 18.3. The summed E-state index contributed by atoms with van der Waals surface area (Å²) in [5, 5.41) is 7.21. The summed E-state index contributed by atoms with van der Waals surface area (Å²) in [6, 6.07) is 1.57. The van der Waals surface area contributed by atoms with Crippen LogP contribution in [-0.2, 0) is 55.0 Å². The lowest BCUT2D eigenvalue weighted by atomic mass is 10.1. The van der Waals surface area contributed by atoms with E-state index in [2.05, 4.69) is 20.4 Å². The highest BCUT2D eigenvalue weighted by molar-refractivity contribution is 7.79. The van der Waals surface area contributed by atoms with Crippen LogP contribution in [0.2, 0.25) is 0 Å². The Bertz CT molecular complexity index is 2210. The van der Waals surface area contributed by atoms with Gasteiger partial charge in [0.05, 0.1) is 36.3 Å². The predicted octanol–water partition coefficient (Wildman–Crippen LogP) is 2.05. The Hall–Kier alpha value is -3.35. The number of ether oxygens (including phenoxy) is 2. The lowest BCUT2D eigenvalue weighted by molar-refractivity contribution is -0.116. The first-order chi connectivity index (χ1) is 23.7. The number of nitrogens with one attached hydrogen (secondary N) is 1. The molecule has 260 valence electrons. The molecule has 4 aromatic rings. The highest BCUT2D eigenvalue weighted by Crippen LogP contribution is 2.54. The Balaban J connectivity index is 1.08. The molecule has 24 heteroatoms. The first-order valence-electron chi connectivity index (χ1n) is 15.1. The highest BCUT2D eigenvalue weighted by Gasteiger charge is 2.54. The van der Waals surface area contributed by atoms with Gasteiger partial charge in [-0.1, -0.05) is 0 Å². The molecule has 4 unspecified atom stereocenters. The molecule has 50 heavy (non-hydrogen) atoms. The molecule has 4 aliphatic heterocycles. The minimum atomic E-state index is -4.72. The second kappa shape index (κ2) is 12.1. The van der Waals surface area contributed by atoms with Crippen LogP contribution < -0.4 is 10.9 Å². The molecule has 4 aromatic heterocycles. The van der Waals surface area contributed by atoms with Gasteiger partial charge in [-0.3, -0.25) is 23.3 Å². The quantitative estimate of drug-likeness (QED) is 0.233. The fraction of sp³-hybridized carbons (Fsp3) is 0.500. The Morgan fingerprint density at radius 2 is 1.56 bits per heavy atom. The number of nitrogens with zero attached hydrogens (tertiary/aromatic N) is 6. The highest BCUT2D eigenvalue weighted by atomic mass is 31.2. The van der Waals surface area contributed by atoms with Crippen LogP contribution in [0.15, 0.2) is 29.6 Å². The second-order valence-corrected chi connectivity index (χ2v) is 15.2. The Kier molecular flexibility index (Phi) is 8.19. The minimum absolute atomic E-state index is 0.106. The van der Waals surface area contributed by atoms with E-state index in [-0.39, 0.29) is 30.0 Å². The molecule has 0 spiro atoms. The van der Waals surface area contributed by atoms with E-state index >= 15 is 8.78 Å². The van der Waals surface area contributed by atoms with Crippen molar-refractivity contribution in [3.05, 3.63) is 46.7 Å². The second-order valence-electron chi connectivity index (χ2n) is 12.1. The summed E-state index contributed by atoms with van der Waals surface area (Å²) in [6.07, 6.45) is -10.8. The van der Waals surface area contributed by atoms with Crippen molar-refractivity contribution in [2.45, 2.75) is 62.1 Å². The standard InChI is InChI=1S/C26H24B2F3N7O10P2/c1-36-9-33-22-16(24(36)40)10(29)6-37(22)25-18(30)20-13(45-25)7-43-50(28,42)48-21-14(8-44-49(27,41)47-20)46-26(19(21)31)38-23-17-11(4-5-32-23)34-15(39)3-2-12(17)35-38/h4-6,9,13-14,18-21,25-26H,2-3,7-8H2,1H3,(H,34,39)/t13-,14-,18?,19+,20+,21?,25-,26-,49?,50?/m1/s1. The van der Waals surface area contributed by atoms with E-state index in [1.165, 1.54) is 13.2 Å². The number of rotatable bonds is 2. The molecule has 17 nitrogen and oxygen atoms in total. The SMILES string of the molecule is [B]P1(=O)OC[C@H]2O[C@@H](n3cc(F)c4c(=O)n(C)cnc43)C(F)[C@H]2OP([B])(=O)OC[C@H]2O[C@@H](n3nc4c5c(ccnc53)NC(=O)CC4)[C@@H](F)C2O1. The third-order valence-corrected chi connectivity index (χ3v) is 10.9. The third-order valence-electron chi connectivity index (χ3n) is 8.80. The Labute approximate surface area is 281 Å². The zero-order valence-corrected chi connectivity index (χ0v) is 27.5. The van der Waals surface area contributed by atoms with Crippen LogP contribution in [0.5, 0.6) is 0 Å². The van der Waals surface area contributed by atoms with E-state index < -0.39 is 94.1 Å². The number of alkyl halides is 2. The summed E-state index contributed by atoms with van der Waals surface area (Å²) in [5.74, 6) is -1.26. The number of anilines is 1. The van der Waals surface area contributed by atoms with Crippen molar-refractivity contribution in [2.75, 3.05) is 18.5 Å². The van der Waals surface area contributed by atoms with E-state index in [1.807, 2.05) is 0 Å². The number of aromatic nitrogens is 6. The molecular weight excluding hydrogens is 711 g/mol. The molecule has 10 atom stereocenters.